The van der Waals surface area contributed by atoms with Gasteiger partial charge in [0.25, 0.3) is 0 Å². The van der Waals surface area contributed by atoms with Crippen molar-refractivity contribution >= 4 is 21.4 Å². The molecule has 1 aromatic rings. The minimum absolute atomic E-state index is 0.285. The van der Waals surface area contributed by atoms with Gasteiger partial charge in [-0.3, -0.25) is 0 Å². The molecule has 0 aromatic heterocycles. The molecule has 1 aliphatic rings. The Labute approximate surface area is 119 Å². The molecule has 1 atom stereocenters. The Hall–Kier alpha value is -0.840. The lowest BCUT2D eigenvalue weighted by Crippen LogP contribution is -2.37. The van der Waals surface area contributed by atoms with E-state index in [4.69, 9.17) is 11.6 Å². The highest BCUT2D eigenvalue weighted by Gasteiger charge is 2.33. The van der Waals surface area contributed by atoms with E-state index in [1.807, 2.05) is 0 Å². The zero-order valence-electron chi connectivity index (χ0n) is 10.7. The second-order valence-corrected chi connectivity index (χ2v) is 7.54. The molecule has 1 saturated heterocycles. The van der Waals surface area contributed by atoms with Crippen LogP contribution in [-0.2, 0) is 9.84 Å². The fraction of sp³-hybridized carbons (Fsp3) is 0.429. The maximum atomic E-state index is 12.7. The topological polar surface area (TPSA) is 46.2 Å². The van der Waals surface area contributed by atoms with Crippen LogP contribution in [0, 0.1) is 0 Å². The molecule has 1 aliphatic heterocycles. The van der Waals surface area contributed by atoms with Crippen LogP contribution in [0.4, 0.5) is 0 Å². The highest BCUT2D eigenvalue weighted by Crippen LogP contribution is 2.31. The summed E-state index contributed by atoms with van der Waals surface area (Å²) in [6, 6.07) is 6.94. The van der Waals surface area contributed by atoms with Crippen molar-refractivity contribution in [1.82, 2.24) is 5.32 Å². The fourth-order valence-electron chi connectivity index (χ4n) is 2.44. The van der Waals surface area contributed by atoms with Crippen LogP contribution in [0.25, 0.3) is 0 Å². The quantitative estimate of drug-likeness (QED) is 0.870. The van der Waals surface area contributed by atoms with Gasteiger partial charge in [-0.15, -0.1) is 6.58 Å². The summed E-state index contributed by atoms with van der Waals surface area (Å²) in [4.78, 5) is 0. The van der Waals surface area contributed by atoms with Crippen molar-refractivity contribution in [2.24, 2.45) is 0 Å². The zero-order chi connectivity index (χ0) is 13.9. The second-order valence-electron chi connectivity index (χ2n) is 4.75. The van der Waals surface area contributed by atoms with Crippen LogP contribution in [0.3, 0.4) is 0 Å². The molecular formula is C14H18ClNO2S. The van der Waals surface area contributed by atoms with Gasteiger partial charge in [0.05, 0.1) is 5.25 Å². The molecule has 1 heterocycles. The van der Waals surface area contributed by atoms with Gasteiger partial charge in [0.15, 0.2) is 9.84 Å². The van der Waals surface area contributed by atoms with Crippen LogP contribution in [0.1, 0.15) is 23.7 Å². The summed E-state index contributed by atoms with van der Waals surface area (Å²) in [5.74, 6) is 0. The maximum absolute atomic E-state index is 12.7. The molecule has 0 aliphatic carbocycles. The molecule has 0 amide bonds. The predicted octanol–water partition coefficient (Wildman–Crippen LogP) is 2.73. The molecule has 5 heteroatoms. The number of piperidine rings is 1. The van der Waals surface area contributed by atoms with Crippen molar-refractivity contribution in [3.05, 3.63) is 47.5 Å². The van der Waals surface area contributed by atoms with E-state index in [9.17, 15) is 8.42 Å². The van der Waals surface area contributed by atoms with Crippen molar-refractivity contribution in [2.45, 2.75) is 23.3 Å². The van der Waals surface area contributed by atoms with Crippen LogP contribution in [-0.4, -0.2) is 26.8 Å². The molecule has 104 valence electrons. The molecular weight excluding hydrogens is 282 g/mol. The summed E-state index contributed by atoms with van der Waals surface area (Å²) in [5, 5.41) is 2.86. The lowest BCUT2D eigenvalue weighted by Gasteiger charge is -2.26. The van der Waals surface area contributed by atoms with Crippen molar-refractivity contribution in [2.75, 3.05) is 13.1 Å². The molecule has 1 aromatic carbocycles. The summed E-state index contributed by atoms with van der Waals surface area (Å²) in [6.45, 7) is 5.21. The molecule has 0 spiro atoms. The average molecular weight is 300 g/mol. The number of rotatable bonds is 4. The highest BCUT2D eigenvalue weighted by atomic mass is 35.5. The van der Waals surface area contributed by atoms with Crippen LogP contribution >= 0.6 is 11.6 Å². The Morgan fingerprint density at radius 1 is 1.26 bits per heavy atom. The van der Waals surface area contributed by atoms with E-state index in [1.165, 1.54) is 6.08 Å². The number of nitrogens with one attached hydrogen (secondary N) is 1. The number of hydrogen-bond donors (Lipinski definition) is 1. The first-order chi connectivity index (χ1) is 9.05. The number of hydrogen-bond acceptors (Lipinski definition) is 3. The minimum Gasteiger partial charge on any atom is -0.317 e. The minimum atomic E-state index is -3.24. The summed E-state index contributed by atoms with van der Waals surface area (Å²) in [7, 11) is -3.24. The van der Waals surface area contributed by atoms with E-state index < -0.39 is 15.1 Å². The standard InChI is InChI=1S/C14H18ClNO2S/c1-2-14(11-3-5-12(15)6-4-11)19(17,18)13-7-9-16-10-8-13/h2-6,13-14,16H,1,7-10H2. The molecule has 0 saturated carbocycles. The van der Waals surface area contributed by atoms with Gasteiger partial charge < -0.3 is 5.32 Å². The monoisotopic (exact) mass is 299 g/mol. The molecule has 0 bridgehead atoms. The third-order valence-electron chi connectivity index (χ3n) is 3.52. The molecule has 1 unspecified atom stereocenters. The fourth-order valence-corrected chi connectivity index (χ4v) is 4.68. The van der Waals surface area contributed by atoms with Gasteiger partial charge >= 0.3 is 0 Å². The second kappa shape index (κ2) is 6.07. The summed E-state index contributed by atoms with van der Waals surface area (Å²) in [6.07, 6.45) is 2.85. The zero-order valence-corrected chi connectivity index (χ0v) is 12.3. The van der Waals surface area contributed by atoms with Crippen molar-refractivity contribution < 1.29 is 8.42 Å². The number of halogens is 1. The third-order valence-corrected chi connectivity index (χ3v) is 6.34. The Morgan fingerprint density at radius 3 is 2.37 bits per heavy atom. The van der Waals surface area contributed by atoms with E-state index in [1.54, 1.807) is 24.3 Å². The van der Waals surface area contributed by atoms with Crippen LogP contribution in [0.2, 0.25) is 5.02 Å². The Morgan fingerprint density at radius 2 is 1.84 bits per heavy atom. The van der Waals surface area contributed by atoms with Gasteiger partial charge in [-0.05, 0) is 43.6 Å². The highest BCUT2D eigenvalue weighted by molar-refractivity contribution is 7.92. The average Bonchev–Trinajstić information content (AvgIpc) is 2.42. The van der Waals surface area contributed by atoms with Crippen molar-refractivity contribution in [3.8, 4) is 0 Å². The summed E-state index contributed by atoms with van der Waals surface area (Å²) < 4.78 is 25.3. The number of benzene rings is 1. The lowest BCUT2D eigenvalue weighted by atomic mass is 10.1. The third kappa shape index (κ3) is 3.19. The van der Waals surface area contributed by atoms with Crippen molar-refractivity contribution in [1.29, 1.82) is 0 Å². The molecule has 0 radical (unpaired) electrons. The summed E-state index contributed by atoms with van der Waals surface area (Å²) in [5.41, 5.74) is 0.734. The van der Waals surface area contributed by atoms with Crippen molar-refractivity contribution in [3.63, 3.8) is 0 Å². The molecule has 1 N–H and O–H groups in total. The predicted molar refractivity (Wildman–Crippen MR) is 79.2 cm³/mol. The van der Waals surface area contributed by atoms with Gasteiger partial charge in [-0.1, -0.05) is 29.8 Å². The van der Waals surface area contributed by atoms with E-state index in [0.717, 1.165) is 18.7 Å². The Bertz CT molecular complexity index is 533. The van der Waals surface area contributed by atoms with Gasteiger partial charge in [-0.2, -0.15) is 0 Å². The van der Waals surface area contributed by atoms with Gasteiger partial charge in [-0.25, -0.2) is 8.42 Å². The first kappa shape index (κ1) is 14.6. The van der Waals surface area contributed by atoms with Crippen LogP contribution in [0.5, 0.6) is 0 Å². The van der Waals surface area contributed by atoms with Gasteiger partial charge in [0, 0.05) is 5.02 Å². The van der Waals surface area contributed by atoms with E-state index >= 15 is 0 Å². The van der Waals surface area contributed by atoms with Crippen LogP contribution in [0.15, 0.2) is 36.9 Å². The smallest absolute Gasteiger partial charge is 0.163 e. The first-order valence-electron chi connectivity index (χ1n) is 6.37. The Kier molecular flexibility index (Phi) is 4.66. The lowest BCUT2D eigenvalue weighted by molar-refractivity contribution is 0.493. The molecule has 1 fully saturated rings. The van der Waals surface area contributed by atoms with E-state index in [-0.39, 0.29) is 5.25 Å². The van der Waals surface area contributed by atoms with E-state index in [0.29, 0.717) is 17.9 Å². The SMILES string of the molecule is C=CC(c1ccc(Cl)cc1)S(=O)(=O)C1CCNCC1. The summed E-state index contributed by atoms with van der Waals surface area (Å²) >= 11 is 5.84. The normalized spacial score (nSPS) is 19.0. The van der Waals surface area contributed by atoms with Gasteiger partial charge in [0.2, 0.25) is 0 Å². The number of sulfone groups is 1. The van der Waals surface area contributed by atoms with Gasteiger partial charge in [0.1, 0.15) is 5.25 Å². The maximum Gasteiger partial charge on any atom is 0.163 e. The molecule has 2 rings (SSSR count). The van der Waals surface area contributed by atoms with Crippen LogP contribution < -0.4 is 5.32 Å². The largest absolute Gasteiger partial charge is 0.317 e. The molecule has 3 nitrogen and oxygen atoms in total. The van der Waals surface area contributed by atoms with E-state index in [2.05, 4.69) is 11.9 Å². The first-order valence-corrected chi connectivity index (χ1v) is 8.36. The molecule has 19 heavy (non-hydrogen) atoms. The Balaban J connectivity index is 2.29.